The number of hydrogen-bond acceptors (Lipinski definition) is 4. The van der Waals surface area contributed by atoms with Gasteiger partial charge < -0.3 is 15.1 Å². The number of aromatic nitrogens is 1. The summed E-state index contributed by atoms with van der Waals surface area (Å²) in [5.74, 6) is 0.645. The van der Waals surface area contributed by atoms with Gasteiger partial charge in [0.2, 0.25) is 0 Å². The van der Waals surface area contributed by atoms with E-state index in [1.165, 1.54) is 0 Å². The predicted octanol–water partition coefficient (Wildman–Crippen LogP) is 2.33. The topological polar surface area (TPSA) is 48.5 Å². The van der Waals surface area contributed by atoms with Gasteiger partial charge in [-0.2, -0.15) is 0 Å². The Hall–Kier alpha value is -1.33. The predicted molar refractivity (Wildman–Crippen MR) is 86.0 cm³/mol. The van der Waals surface area contributed by atoms with Crippen LogP contribution >= 0.6 is 11.6 Å². The highest BCUT2D eigenvalue weighted by Crippen LogP contribution is 2.22. The minimum atomic E-state index is 0.0182. The molecular weight excluding hydrogens is 288 g/mol. The molecule has 1 aromatic heterocycles. The van der Waals surface area contributed by atoms with E-state index in [4.69, 9.17) is 11.6 Å². The molecular formula is C15H23ClN4O. The molecule has 0 spiro atoms. The normalized spacial score (nSPS) is 16.3. The van der Waals surface area contributed by atoms with Crippen LogP contribution in [0.4, 0.5) is 5.82 Å². The summed E-state index contributed by atoms with van der Waals surface area (Å²) in [6.07, 6.45) is 3.62. The van der Waals surface area contributed by atoms with Crippen molar-refractivity contribution in [1.29, 1.82) is 0 Å². The third kappa shape index (κ3) is 3.86. The van der Waals surface area contributed by atoms with Crippen molar-refractivity contribution < 1.29 is 4.79 Å². The van der Waals surface area contributed by atoms with Crippen LogP contribution in [0.5, 0.6) is 0 Å². The fourth-order valence-corrected chi connectivity index (χ4v) is 2.85. The minimum Gasteiger partial charge on any atom is -0.369 e. The highest BCUT2D eigenvalue weighted by atomic mass is 35.5. The Morgan fingerprint density at radius 1 is 1.48 bits per heavy atom. The van der Waals surface area contributed by atoms with Crippen LogP contribution < -0.4 is 5.32 Å². The summed E-state index contributed by atoms with van der Waals surface area (Å²) >= 11 is 6.15. The number of carbonyl (C=O) groups is 1. The molecule has 1 amide bonds. The number of likely N-dealkylation sites (tertiary alicyclic amines) is 1. The van der Waals surface area contributed by atoms with E-state index >= 15 is 0 Å². The van der Waals surface area contributed by atoms with Gasteiger partial charge in [-0.05, 0) is 39.9 Å². The van der Waals surface area contributed by atoms with Crippen LogP contribution in [-0.4, -0.2) is 60.5 Å². The largest absolute Gasteiger partial charge is 0.369 e. The second kappa shape index (κ2) is 7.09. The fourth-order valence-electron chi connectivity index (χ4n) is 2.62. The number of anilines is 1. The van der Waals surface area contributed by atoms with Gasteiger partial charge in [-0.3, -0.25) is 4.79 Å². The number of nitrogens with zero attached hydrogens (tertiary/aromatic N) is 3. The maximum absolute atomic E-state index is 12.5. The maximum Gasteiger partial charge on any atom is 0.255 e. The quantitative estimate of drug-likeness (QED) is 0.927. The molecule has 2 heterocycles. The summed E-state index contributed by atoms with van der Waals surface area (Å²) in [6, 6.07) is 2.26. The van der Waals surface area contributed by atoms with E-state index in [0.717, 1.165) is 32.5 Å². The number of halogens is 1. The molecule has 1 fully saturated rings. The molecule has 0 atom stereocenters. The van der Waals surface area contributed by atoms with Crippen LogP contribution in [0.1, 0.15) is 30.1 Å². The number of nitrogens with one attached hydrogen (secondary N) is 1. The molecule has 1 N–H and O–H groups in total. The van der Waals surface area contributed by atoms with E-state index in [0.29, 0.717) is 22.4 Å². The van der Waals surface area contributed by atoms with Gasteiger partial charge in [-0.25, -0.2) is 4.98 Å². The lowest BCUT2D eigenvalue weighted by molar-refractivity contribution is 0.0663. The lowest BCUT2D eigenvalue weighted by atomic mass is 10.0. The number of amides is 1. The molecule has 0 radical (unpaired) electrons. The number of piperidine rings is 1. The third-order valence-electron chi connectivity index (χ3n) is 3.91. The Bertz CT molecular complexity index is 498. The molecule has 1 aliphatic rings. The lowest BCUT2D eigenvalue weighted by Crippen LogP contribution is -2.44. The summed E-state index contributed by atoms with van der Waals surface area (Å²) in [7, 11) is 4.18. The van der Waals surface area contributed by atoms with Crippen LogP contribution in [0.15, 0.2) is 12.3 Å². The van der Waals surface area contributed by atoms with Crippen molar-refractivity contribution in [2.24, 2.45) is 0 Å². The Labute approximate surface area is 131 Å². The van der Waals surface area contributed by atoms with Crippen molar-refractivity contribution in [3.63, 3.8) is 0 Å². The molecule has 6 heteroatoms. The zero-order chi connectivity index (χ0) is 15.4. The van der Waals surface area contributed by atoms with Gasteiger partial charge in [-0.1, -0.05) is 11.6 Å². The molecule has 0 aromatic carbocycles. The van der Waals surface area contributed by atoms with Gasteiger partial charge in [-0.15, -0.1) is 0 Å². The Morgan fingerprint density at radius 2 is 2.14 bits per heavy atom. The van der Waals surface area contributed by atoms with Crippen LogP contribution in [0.25, 0.3) is 0 Å². The first-order chi connectivity index (χ1) is 10.0. The van der Waals surface area contributed by atoms with E-state index in [1.807, 2.05) is 11.8 Å². The average molecular weight is 311 g/mol. The Kier molecular flexibility index (Phi) is 5.42. The minimum absolute atomic E-state index is 0.0182. The van der Waals surface area contributed by atoms with Crippen LogP contribution in [-0.2, 0) is 0 Å². The van der Waals surface area contributed by atoms with E-state index in [9.17, 15) is 4.79 Å². The zero-order valence-electron chi connectivity index (χ0n) is 12.9. The van der Waals surface area contributed by atoms with Gasteiger partial charge in [0.1, 0.15) is 5.82 Å². The van der Waals surface area contributed by atoms with E-state index in [2.05, 4.69) is 29.3 Å². The molecule has 2 rings (SSSR count). The van der Waals surface area contributed by atoms with Gasteiger partial charge in [0.25, 0.3) is 5.91 Å². The molecule has 1 saturated heterocycles. The first-order valence-electron chi connectivity index (χ1n) is 7.38. The van der Waals surface area contributed by atoms with Crippen molar-refractivity contribution in [1.82, 2.24) is 14.8 Å². The number of carbonyl (C=O) groups excluding carboxylic acids is 1. The number of pyridine rings is 1. The van der Waals surface area contributed by atoms with Crippen LogP contribution in [0.3, 0.4) is 0 Å². The van der Waals surface area contributed by atoms with Gasteiger partial charge in [0, 0.05) is 31.9 Å². The van der Waals surface area contributed by atoms with E-state index in [-0.39, 0.29) is 5.91 Å². The first-order valence-corrected chi connectivity index (χ1v) is 7.75. The second-order valence-corrected chi connectivity index (χ2v) is 5.98. The van der Waals surface area contributed by atoms with Crippen molar-refractivity contribution in [2.75, 3.05) is 39.0 Å². The van der Waals surface area contributed by atoms with Crippen molar-refractivity contribution in [3.05, 3.63) is 22.8 Å². The van der Waals surface area contributed by atoms with E-state index < -0.39 is 0 Å². The second-order valence-electron chi connectivity index (χ2n) is 5.57. The van der Waals surface area contributed by atoms with E-state index in [1.54, 1.807) is 12.3 Å². The van der Waals surface area contributed by atoms with Crippen molar-refractivity contribution in [3.8, 4) is 0 Å². The highest BCUT2D eigenvalue weighted by Gasteiger charge is 2.25. The summed E-state index contributed by atoms with van der Waals surface area (Å²) in [5, 5.41) is 3.56. The molecule has 0 aliphatic carbocycles. The van der Waals surface area contributed by atoms with Gasteiger partial charge >= 0.3 is 0 Å². The molecule has 0 unspecified atom stereocenters. The number of rotatable bonds is 4. The average Bonchev–Trinajstić information content (AvgIpc) is 2.49. The van der Waals surface area contributed by atoms with Gasteiger partial charge in [0.15, 0.2) is 0 Å². The standard InChI is InChI=1S/C15H23ClN4O/c1-4-17-14-13(16)9-11(10-18-14)15(21)20-7-5-12(6-8-20)19(2)3/h9-10,12H,4-8H2,1-3H3,(H,17,18). The smallest absolute Gasteiger partial charge is 0.255 e. The molecule has 116 valence electrons. The Balaban J connectivity index is 2.02. The van der Waals surface area contributed by atoms with Gasteiger partial charge in [0.05, 0.1) is 10.6 Å². The first kappa shape index (κ1) is 16.0. The summed E-state index contributed by atoms with van der Waals surface area (Å²) in [4.78, 5) is 20.8. The molecule has 21 heavy (non-hydrogen) atoms. The number of hydrogen-bond donors (Lipinski definition) is 1. The van der Waals surface area contributed by atoms with Crippen LogP contribution in [0, 0.1) is 0 Å². The van der Waals surface area contributed by atoms with Crippen LogP contribution in [0.2, 0.25) is 5.02 Å². The molecule has 5 nitrogen and oxygen atoms in total. The maximum atomic E-state index is 12.5. The zero-order valence-corrected chi connectivity index (χ0v) is 13.7. The summed E-state index contributed by atoms with van der Waals surface area (Å²) < 4.78 is 0. The molecule has 0 saturated carbocycles. The Morgan fingerprint density at radius 3 is 2.67 bits per heavy atom. The third-order valence-corrected chi connectivity index (χ3v) is 4.20. The fraction of sp³-hybridized carbons (Fsp3) is 0.600. The summed E-state index contributed by atoms with van der Waals surface area (Å²) in [5.41, 5.74) is 0.560. The SMILES string of the molecule is CCNc1ncc(C(=O)N2CCC(N(C)C)CC2)cc1Cl. The molecule has 0 bridgehead atoms. The molecule has 1 aromatic rings. The van der Waals surface area contributed by atoms with Crippen molar-refractivity contribution >= 4 is 23.3 Å². The lowest BCUT2D eigenvalue weighted by Gasteiger charge is -2.35. The monoisotopic (exact) mass is 310 g/mol. The molecule has 1 aliphatic heterocycles. The van der Waals surface area contributed by atoms with Crippen molar-refractivity contribution in [2.45, 2.75) is 25.8 Å². The highest BCUT2D eigenvalue weighted by molar-refractivity contribution is 6.33. The summed E-state index contributed by atoms with van der Waals surface area (Å²) in [6.45, 7) is 4.30.